The van der Waals surface area contributed by atoms with Crippen molar-refractivity contribution in [1.82, 2.24) is 10.5 Å². The molecule has 2 rings (SSSR count). The van der Waals surface area contributed by atoms with Gasteiger partial charge in [-0.25, -0.2) is 4.79 Å². The zero-order valence-electron chi connectivity index (χ0n) is 12.0. The smallest absolute Gasteiger partial charge is 0.326 e. The van der Waals surface area contributed by atoms with Crippen LogP contribution in [0.1, 0.15) is 31.0 Å². The fraction of sp³-hybridized carbons (Fsp3) is 0.400. The maximum absolute atomic E-state index is 12.0. The Hall–Kier alpha value is -2.37. The summed E-state index contributed by atoms with van der Waals surface area (Å²) < 4.78 is 5.16. The van der Waals surface area contributed by atoms with E-state index in [4.69, 9.17) is 9.63 Å². The maximum Gasteiger partial charge on any atom is 0.326 e. The van der Waals surface area contributed by atoms with Crippen molar-refractivity contribution < 1.29 is 19.2 Å². The molecule has 0 radical (unpaired) electrons. The number of aryl methyl sites for hydroxylation is 1. The van der Waals surface area contributed by atoms with Crippen LogP contribution in [0.4, 0.5) is 0 Å². The Morgan fingerprint density at radius 2 is 2.19 bits per heavy atom. The van der Waals surface area contributed by atoms with Crippen LogP contribution >= 0.6 is 0 Å². The number of carbonyl (C=O) groups excluding carboxylic acids is 1. The lowest BCUT2D eigenvalue weighted by atomic mass is 10.1. The van der Waals surface area contributed by atoms with E-state index in [1.54, 1.807) is 6.07 Å². The predicted molar refractivity (Wildman–Crippen MR) is 76.9 cm³/mol. The third-order valence-corrected chi connectivity index (χ3v) is 3.24. The van der Waals surface area contributed by atoms with Gasteiger partial charge in [0.1, 0.15) is 11.7 Å². The van der Waals surface area contributed by atoms with Gasteiger partial charge in [0.15, 0.2) is 5.58 Å². The van der Waals surface area contributed by atoms with Gasteiger partial charge in [0, 0.05) is 5.39 Å². The molecule has 0 fully saturated rings. The molecule has 21 heavy (non-hydrogen) atoms. The quantitative estimate of drug-likeness (QED) is 0.849. The Labute approximate surface area is 122 Å². The first-order valence-corrected chi connectivity index (χ1v) is 6.88. The Bertz CT molecular complexity index is 663. The molecule has 112 valence electrons. The lowest BCUT2D eigenvalue weighted by Crippen LogP contribution is -2.41. The van der Waals surface area contributed by atoms with Gasteiger partial charge < -0.3 is 14.9 Å². The highest BCUT2D eigenvalue weighted by Crippen LogP contribution is 2.20. The summed E-state index contributed by atoms with van der Waals surface area (Å²) in [6.07, 6.45) is 1.09. The van der Waals surface area contributed by atoms with Crippen LogP contribution in [0, 0.1) is 6.92 Å². The number of nitrogens with zero attached hydrogens (tertiary/aromatic N) is 1. The average Bonchev–Trinajstić information content (AvgIpc) is 2.80. The highest BCUT2D eigenvalue weighted by atomic mass is 16.5. The first kappa shape index (κ1) is 15.0. The Morgan fingerprint density at radius 3 is 2.86 bits per heavy atom. The molecular formula is C15H18N2O4. The SMILES string of the molecule is CCCC(NC(=O)Cc1noc2ccc(C)cc12)C(=O)O. The highest BCUT2D eigenvalue weighted by Gasteiger charge is 2.20. The van der Waals surface area contributed by atoms with E-state index in [9.17, 15) is 9.59 Å². The molecule has 1 unspecified atom stereocenters. The van der Waals surface area contributed by atoms with Gasteiger partial charge in [0.25, 0.3) is 0 Å². The second-order valence-corrected chi connectivity index (χ2v) is 5.05. The molecule has 1 aromatic heterocycles. The van der Waals surface area contributed by atoms with E-state index in [2.05, 4.69) is 10.5 Å². The van der Waals surface area contributed by atoms with E-state index in [-0.39, 0.29) is 12.3 Å². The van der Waals surface area contributed by atoms with Crippen LogP contribution in [0.15, 0.2) is 22.7 Å². The minimum Gasteiger partial charge on any atom is -0.480 e. The zero-order chi connectivity index (χ0) is 15.4. The van der Waals surface area contributed by atoms with E-state index in [1.807, 2.05) is 26.0 Å². The third kappa shape index (κ3) is 3.59. The largest absolute Gasteiger partial charge is 0.480 e. The zero-order valence-corrected chi connectivity index (χ0v) is 12.0. The van der Waals surface area contributed by atoms with Gasteiger partial charge in [-0.05, 0) is 25.5 Å². The highest BCUT2D eigenvalue weighted by molar-refractivity contribution is 5.88. The lowest BCUT2D eigenvalue weighted by Gasteiger charge is -2.12. The van der Waals surface area contributed by atoms with Crippen LogP contribution in [-0.2, 0) is 16.0 Å². The monoisotopic (exact) mass is 290 g/mol. The molecule has 1 aromatic carbocycles. The summed E-state index contributed by atoms with van der Waals surface area (Å²) in [5.41, 5.74) is 2.18. The minimum atomic E-state index is -1.02. The number of hydrogen-bond acceptors (Lipinski definition) is 4. The van der Waals surface area contributed by atoms with Crippen molar-refractivity contribution in [1.29, 1.82) is 0 Å². The van der Waals surface area contributed by atoms with Crippen LogP contribution in [0.5, 0.6) is 0 Å². The van der Waals surface area contributed by atoms with Gasteiger partial charge >= 0.3 is 5.97 Å². The van der Waals surface area contributed by atoms with Crippen molar-refractivity contribution in [3.8, 4) is 0 Å². The molecule has 1 heterocycles. The molecule has 1 amide bonds. The summed E-state index contributed by atoms with van der Waals surface area (Å²) >= 11 is 0. The topological polar surface area (TPSA) is 92.4 Å². The van der Waals surface area contributed by atoms with Gasteiger partial charge in [-0.15, -0.1) is 0 Å². The summed E-state index contributed by atoms with van der Waals surface area (Å²) in [5.74, 6) is -1.39. The molecule has 2 aromatic rings. The van der Waals surface area contributed by atoms with Crippen molar-refractivity contribution in [3.05, 3.63) is 29.5 Å². The molecule has 0 aliphatic carbocycles. The fourth-order valence-corrected chi connectivity index (χ4v) is 2.17. The lowest BCUT2D eigenvalue weighted by molar-refractivity contribution is -0.141. The summed E-state index contributed by atoms with van der Waals surface area (Å²) in [4.78, 5) is 23.0. The number of rotatable bonds is 6. The van der Waals surface area contributed by atoms with Gasteiger partial charge in [-0.1, -0.05) is 30.1 Å². The van der Waals surface area contributed by atoms with E-state index in [0.717, 1.165) is 10.9 Å². The van der Waals surface area contributed by atoms with Crippen LogP contribution in [-0.4, -0.2) is 28.2 Å². The minimum absolute atomic E-state index is 0.00392. The molecule has 0 aliphatic heterocycles. The summed E-state index contributed by atoms with van der Waals surface area (Å²) in [6, 6.07) is 4.74. The van der Waals surface area contributed by atoms with Crippen molar-refractivity contribution in [2.45, 2.75) is 39.2 Å². The molecule has 6 heteroatoms. The number of nitrogens with one attached hydrogen (secondary N) is 1. The number of carboxylic acid groups (broad SMARTS) is 1. The number of benzene rings is 1. The number of carboxylic acids is 1. The number of carbonyl (C=O) groups is 2. The normalized spacial score (nSPS) is 12.3. The van der Waals surface area contributed by atoms with Gasteiger partial charge in [-0.2, -0.15) is 0 Å². The van der Waals surface area contributed by atoms with Crippen LogP contribution in [0.3, 0.4) is 0 Å². The molecule has 6 nitrogen and oxygen atoms in total. The second-order valence-electron chi connectivity index (χ2n) is 5.05. The first-order valence-electron chi connectivity index (χ1n) is 6.88. The Kier molecular flexibility index (Phi) is 4.57. The van der Waals surface area contributed by atoms with Crippen molar-refractivity contribution >= 4 is 22.8 Å². The number of hydrogen-bond donors (Lipinski definition) is 2. The number of aromatic nitrogens is 1. The second kappa shape index (κ2) is 6.39. The maximum atomic E-state index is 12.0. The molecule has 0 saturated heterocycles. The third-order valence-electron chi connectivity index (χ3n) is 3.24. The summed E-state index contributed by atoms with van der Waals surface area (Å²) in [5, 5.41) is 16.2. The number of amides is 1. The predicted octanol–water partition coefficient (Wildman–Crippen LogP) is 2.05. The molecule has 2 N–H and O–H groups in total. The molecular weight excluding hydrogens is 272 g/mol. The summed E-state index contributed by atoms with van der Waals surface area (Å²) in [6.45, 7) is 3.81. The van der Waals surface area contributed by atoms with Gasteiger partial charge in [0.2, 0.25) is 5.91 Å². The van der Waals surface area contributed by atoms with Crippen molar-refractivity contribution in [2.24, 2.45) is 0 Å². The number of aliphatic carboxylic acids is 1. The number of fused-ring (bicyclic) bond motifs is 1. The average molecular weight is 290 g/mol. The molecule has 0 aliphatic rings. The van der Waals surface area contributed by atoms with Gasteiger partial charge in [-0.3, -0.25) is 4.79 Å². The molecule has 0 bridgehead atoms. The standard InChI is InChI=1S/C15H18N2O4/c1-3-4-11(15(19)20)16-14(18)8-12-10-7-9(2)5-6-13(10)21-17-12/h5-7,11H,3-4,8H2,1-2H3,(H,16,18)(H,19,20). The Morgan fingerprint density at radius 1 is 1.43 bits per heavy atom. The van der Waals surface area contributed by atoms with E-state index < -0.39 is 12.0 Å². The first-order chi connectivity index (χ1) is 10.0. The fourth-order valence-electron chi connectivity index (χ4n) is 2.17. The van der Waals surface area contributed by atoms with Gasteiger partial charge in [0.05, 0.1) is 6.42 Å². The van der Waals surface area contributed by atoms with Crippen LogP contribution < -0.4 is 5.32 Å². The molecule has 1 atom stereocenters. The van der Waals surface area contributed by atoms with E-state index in [1.165, 1.54) is 0 Å². The van der Waals surface area contributed by atoms with Crippen LogP contribution in [0.25, 0.3) is 11.0 Å². The van der Waals surface area contributed by atoms with Crippen molar-refractivity contribution in [3.63, 3.8) is 0 Å². The Balaban J connectivity index is 2.10. The molecule has 0 spiro atoms. The van der Waals surface area contributed by atoms with Crippen LogP contribution in [0.2, 0.25) is 0 Å². The van der Waals surface area contributed by atoms with E-state index in [0.29, 0.717) is 24.1 Å². The van der Waals surface area contributed by atoms with Crippen molar-refractivity contribution in [2.75, 3.05) is 0 Å². The molecule has 0 saturated carbocycles. The van der Waals surface area contributed by atoms with E-state index >= 15 is 0 Å². The summed E-state index contributed by atoms with van der Waals surface area (Å²) in [7, 11) is 0.